The number of piperidine rings is 1. The summed E-state index contributed by atoms with van der Waals surface area (Å²) < 4.78 is 0.810. The van der Waals surface area contributed by atoms with Crippen molar-refractivity contribution in [3.05, 3.63) is 33.3 Å². The summed E-state index contributed by atoms with van der Waals surface area (Å²) >= 11 is 9.43. The lowest BCUT2D eigenvalue weighted by Gasteiger charge is -2.32. The molecule has 1 aliphatic rings. The maximum absolute atomic E-state index is 12.5. The first-order valence-corrected chi connectivity index (χ1v) is 7.66. The minimum Gasteiger partial charge on any atom is -0.359 e. The summed E-state index contributed by atoms with van der Waals surface area (Å²) in [5.74, 6) is -0.267. The van der Waals surface area contributed by atoms with Crippen molar-refractivity contribution in [3.8, 4) is 0 Å². The van der Waals surface area contributed by atoms with E-state index in [1.165, 1.54) is 0 Å². The summed E-state index contributed by atoms with van der Waals surface area (Å²) in [4.78, 5) is 25.9. The van der Waals surface area contributed by atoms with Crippen molar-refractivity contribution in [3.63, 3.8) is 0 Å². The molecule has 0 spiro atoms. The first-order valence-electron chi connectivity index (χ1n) is 6.49. The molecule has 0 aliphatic carbocycles. The molecule has 108 valence electrons. The monoisotopic (exact) mass is 358 g/mol. The van der Waals surface area contributed by atoms with Crippen LogP contribution in [-0.4, -0.2) is 36.9 Å². The fraction of sp³-hybridized carbons (Fsp3) is 0.429. The van der Waals surface area contributed by atoms with E-state index in [0.717, 1.165) is 17.3 Å². The zero-order valence-corrected chi connectivity index (χ0v) is 13.5. The molecule has 1 heterocycles. The highest BCUT2D eigenvalue weighted by atomic mass is 79.9. The van der Waals surface area contributed by atoms with Crippen LogP contribution in [0.1, 0.15) is 23.2 Å². The van der Waals surface area contributed by atoms with Crippen LogP contribution in [0.4, 0.5) is 0 Å². The normalized spacial score (nSPS) is 18.8. The van der Waals surface area contributed by atoms with Gasteiger partial charge in [-0.3, -0.25) is 9.59 Å². The molecule has 1 aliphatic heterocycles. The van der Waals surface area contributed by atoms with E-state index >= 15 is 0 Å². The van der Waals surface area contributed by atoms with Crippen LogP contribution in [-0.2, 0) is 4.79 Å². The maximum atomic E-state index is 12.5. The Labute approximate surface area is 131 Å². The number of carbonyl (C=O) groups is 2. The van der Waals surface area contributed by atoms with Crippen molar-refractivity contribution in [2.24, 2.45) is 5.92 Å². The highest BCUT2D eigenvalue weighted by molar-refractivity contribution is 9.10. The van der Waals surface area contributed by atoms with Crippen LogP contribution in [0.5, 0.6) is 0 Å². The molecule has 2 rings (SSSR count). The van der Waals surface area contributed by atoms with Gasteiger partial charge in [0.05, 0.1) is 16.5 Å². The number of amides is 2. The fourth-order valence-electron chi connectivity index (χ4n) is 2.41. The Hall–Kier alpha value is -1.07. The predicted octanol–water partition coefficient (Wildman–Crippen LogP) is 2.70. The Kier molecular flexibility index (Phi) is 5.05. The van der Waals surface area contributed by atoms with E-state index in [1.807, 2.05) is 0 Å². The average molecular weight is 360 g/mol. The fourth-order valence-corrected chi connectivity index (χ4v) is 2.97. The van der Waals surface area contributed by atoms with Gasteiger partial charge in [-0.25, -0.2) is 0 Å². The lowest BCUT2D eigenvalue weighted by Crippen LogP contribution is -2.44. The molecular weight excluding hydrogens is 344 g/mol. The van der Waals surface area contributed by atoms with Crippen LogP contribution in [0.15, 0.2) is 22.7 Å². The van der Waals surface area contributed by atoms with E-state index in [2.05, 4.69) is 21.2 Å². The molecule has 4 nitrogen and oxygen atoms in total. The number of carbonyl (C=O) groups excluding carboxylic acids is 2. The summed E-state index contributed by atoms with van der Waals surface area (Å²) in [6, 6.07) is 5.20. The first-order chi connectivity index (χ1) is 9.52. The molecule has 1 N–H and O–H groups in total. The van der Waals surface area contributed by atoms with Gasteiger partial charge in [0.15, 0.2) is 0 Å². The standard InChI is InChI=1S/C14H16BrClN2O2/c1-17-13(19)9-3-2-6-18(8-9)14(20)11-7-10(15)4-5-12(11)16/h4-5,7,9H,2-3,6,8H2,1H3,(H,17,19). The van der Waals surface area contributed by atoms with Gasteiger partial charge < -0.3 is 10.2 Å². The van der Waals surface area contributed by atoms with Gasteiger partial charge in [0.1, 0.15) is 0 Å². The SMILES string of the molecule is CNC(=O)C1CCCN(C(=O)c2cc(Br)ccc2Cl)C1. The Morgan fingerprint density at radius 1 is 1.45 bits per heavy atom. The van der Waals surface area contributed by atoms with Gasteiger partial charge in [-0.1, -0.05) is 27.5 Å². The number of nitrogens with one attached hydrogen (secondary N) is 1. The van der Waals surface area contributed by atoms with Gasteiger partial charge in [-0.05, 0) is 31.0 Å². The van der Waals surface area contributed by atoms with Gasteiger partial charge in [0, 0.05) is 24.6 Å². The third-order valence-corrected chi connectivity index (χ3v) is 4.31. The molecule has 0 saturated carbocycles. The molecule has 1 aromatic rings. The summed E-state index contributed by atoms with van der Waals surface area (Å²) in [5, 5.41) is 3.07. The molecule has 1 fully saturated rings. The van der Waals surface area contributed by atoms with Gasteiger partial charge in [0.25, 0.3) is 5.91 Å². The molecule has 6 heteroatoms. The third kappa shape index (κ3) is 3.33. The molecule has 1 unspecified atom stereocenters. The van der Waals surface area contributed by atoms with Crippen LogP contribution in [0, 0.1) is 5.92 Å². The number of nitrogens with zero attached hydrogens (tertiary/aromatic N) is 1. The number of benzene rings is 1. The lowest BCUT2D eigenvalue weighted by molar-refractivity contribution is -0.125. The van der Waals surface area contributed by atoms with Crippen molar-refractivity contribution in [1.29, 1.82) is 0 Å². The molecule has 1 saturated heterocycles. The number of hydrogen-bond acceptors (Lipinski definition) is 2. The average Bonchev–Trinajstić information content (AvgIpc) is 2.48. The molecule has 1 aromatic carbocycles. The van der Waals surface area contributed by atoms with E-state index in [1.54, 1.807) is 30.1 Å². The van der Waals surface area contributed by atoms with Gasteiger partial charge in [-0.15, -0.1) is 0 Å². The molecule has 1 atom stereocenters. The van der Waals surface area contributed by atoms with Crippen molar-refractivity contribution in [2.75, 3.05) is 20.1 Å². The molecular formula is C14H16BrClN2O2. The number of hydrogen-bond donors (Lipinski definition) is 1. The minimum absolute atomic E-state index is 0.0113. The minimum atomic E-state index is -0.136. The Morgan fingerprint density at radius 3 is 2.90 bits per heavy atom. The van der Waals surface area contributed by atoms with Crippen LogP contribution >= 0.6 is 27.5 Å². The van der Waals surface area contributed by atoms with E-state index in [-0.39, 0.29) is 17.7 Å². The smallest absolute Gasteiger partial charge is 0.255 e. The lowest BCUT2D eigenvalue weighted by atomic mass is 9.96. The van der Waals surface area contributed by atoms with Gasteiger partial charge in [0.2, 0.25) is 5.91 Å². The van der Waals surface area contributed by atoms with E-state index in [0.29, 0.717) is 23.7 Å². The molecule has 2 amide bonds. The van der Waals surface area contributed by atoms with Crippen molar-refractivity contribution in [2.45, 2.75) is 12.8 Å². The number of halogens is 2. The molecule has 20 heavy (non-hydrogen) atoms. The zero-order valence-electron chi connectivity index (χ0n) is 11.2. The van der Waals surface area contributed by atoms with Crippen LogP contribution in [0.25, 0.3) is 0 Å². The second-order valence-electron chi connectivity index (χ2n) is 4.83. The molecule has 0 bridgehead atoms. The molecule has 0 aromatic heterocycles. The van der Waals surface area contributed by atoms with E-state index < -0.39 is 0 Å². The van der Waals surface area contributed by atoms with Crippen LogP contribution in [0.3, 0.4) is 0 Å². The Morgan fingerprint density at radius 2 is 2.20 bits per heavy atom. The second kappa shape index (κ2) is 6.59. The largest absolute Gasteiger partial charge is 0.359 e. The summed E-state index contributed by atoms with van der Waals surface area (Å²) in [6.07, 6.45) is 1.64. The Bertz CT molecular complexity index is 536. The quantitative estimate of drug-likeness (QED) is 0.882. The number of rotatable bonds is 2. The van der Waals surface area contributed by atoms with E-state index in [9.17, 15) is 9.59 Å². The van der Waals surface area contributed by atoms with Crippen LogP contribution in [0.2, 0.25) is 5.02 Å². The van der Waals surface area contributed by atoms with Crippen molar-refractivity contribution >= 4 is 39.3 Å². The maximum Gasteiger partial charge on any atom is 0.255 e. The summed E-state index contributed by atoms with van der Waals surface area (Å²) in [6.45, 7) is 1.11. The van der Waals surface area contributed by atoms with E-state index in [4.69, 9.17) is 11.6 Å². The topological polar surface area (TPSA) is 49.4 Å². The highest BCUT2D eigenvalue weighted by Gasteiger charge is 2.29. The highest BCUT2D eigenvalue weighted by Crippen LogP contribution is 2.25. The predicted molar refractivity (Wildman–Crippen MR) is 81.8 cm³/mol. The van der Waals surface area contributed by atoms with Crippen LogP contribution < -0.4 is 5.32 Å². The second-order valence-corrected chi connectivity index (χ2v) is 6.15. The van der Waals surface area contributed by atoms with Crippen molar-refractivity contribution in [1.82, 2.24) is 10.2 Å². The third-order valence-electron chi connectivity index (χ3n) is 3.48. The zero-order chi connectivity index (χ0) is 14.7. The molecule has 0 radical (unpaired) electrons. The first kappa shape index (κ1) is 15.3. The summed E-state index contributed by atoms with van der Waals surface area (Å²) in [5.41, 5.74) is 0.471. The van der Waals surface area contributed by atoms with Gasteiger partial charge in [-0.2, -0.15) is 0 Å². The van der Waals surface area contributed by atoms with Gasteiger partial charge >= 0.3 is 0 Å². The summed E-state index contributed by atoms with van der Waals surface area (Å²) in [7, 11) is 1.62. The number of likely N-dealkylation sites (tertiary alicyclic amines) is 1. The van der Waals surface area contributed by atoms with Crippen molar-refractivity contribution < 1.29 is 9.59 Å². The Balaban J connectivity index is 2.16.